The van der Waals surface area contributed by atoms with Gasteiger partial charge in [0.15, 0.2) is 0 Å². The Morgan fingerprint density at radius 3 is 2.21 bits per heavy atom. The summed E-state index contributed by atoms with van der Waals surface area (Å²) in [6, 6.07) is 4.97. The third kappa shape index (κ3) is 4.54. The van der Waals surface area contributed by atoms with E-state index in [1.807, 2.05) is 0 Å². The summed E-state index contributed by atoms with van der Waals surface area (Å²) in [5.41, 5.74) is 3.84. The Morgan fingerprint density at radius 1 is 1.11 bits per heavy atom. The quantitative estimate of drug-likeness (QED) is 0.695. The van der Waals surface area contributed by atoms with E-state index in [0.717, 1.165) is 5.75 Å². The lowest BCUT2D eigenvalue weighted by atomic mass is 9.96. The minimum atomic E-state index is 0.458. The standard InChI is InChI=1S/C17H29NO/c1-6-7-8-9-10-16(18-4)15-11-13(2)17(19-5)14(3)12-15/h11-12,16,18H,6-10H2,1-5H3. The van der Waals surface area contributed by atoms with E-state index in [1.54, 1.807) is 7.11 Å². The number of hydrogen-bond acceptors (Lipinski definition) is 2. The van der Waals surface area contributed by atoms with Crippen molar-refractivity contribution >= 4 is 0 Å². The molecule has 0 bridgehead atoms. The van der Waals surface area contributed by atoms with Crippen LogP contribution in [0.2, 0.25) is 0 Å². The maximum Gasteiger partial charge on any atom is 0.124 e. The average molecular weight is 263 g/mol. The van der Waals surface area contributed by atoms with Crippen LogP contribution in [0.5, 0.6) is 5.75 Å². The molecule has 0 amide bonds. The summed E-state index contributed by atoms with van der Waals surface area (Å²) in [6.07, 6.45) is 6.48. The van der Waals surface area contributed by atoms with Crippen molar-refractivity contribution < 1.29 is 4.74 Å². The maximum absolute atomic E-state index is 5.44. The van der Waals surface area contributed by atoms with Crippen molar-refractivity contribution in [1.82, 2.24) is 5.32 Å². The molecule has 0 aliphatic carbocycles. The second-order valence-corrected chi connectivity index (χ2v) is 5.38. The molecular weight excluding hydrogens is 234 g/mol. The first-order valence-electron chi connectivity index (χ1n) is 7.46. The van der Waals surface area contributed by atoms with Crippen molar-refractivity contribution in [2.45, 2.75) is 58.9 Å². The van der Waals surface area contributed by atoms with E-state index in [1.165, 1.54) is 48.8 Å². The Hall–Kier alpha value is -1.02. The van der Waals surface area contributed by atoms with Gasteiger partial charge in [-0.1, -0.05) is 44.7 Å². The molecule has 108 valence electrons. The molecule has 1 atom stereocenters. The van der Waals surface area contributed by atoms with Crippen LogP contribution < -0.4 is 10.1 Å². The van der Waals surface area contributed by atoms with Gasteiger partial charge in [0.25, 0.3) is 0 Å². The molecule has 0 spiro atoms. The lowest BCUT2D eigenvalue weighted by Gasteiger charge is -2.19. The zero-order chi connectivity index (χ0) is 14.3. The molecule has 0 fully saturated rings. The predicted octanol–water partition coefficient (Wildman–Crippen LogP) is 4.54. The highest BCUT2D eigenvalue weighted by Gasteiger charge is 2.12. The number of rotatable bonds is 8. The van der Waals surface area contributed by atoms with Crippen LogP contribution in [0.25, 0.3) is 0 Å². The van der Waals surface area contributed by atoms with E-state index in [0.29, 0.717) is 6.04 Å². The molecule has 1 unspecified atom stereocenters. The van der Waals surface area contributed by atoms with Crippen molar-refractivity contribution in [3.8, 4) is 5.75 Å². The summed E-state index contributed by atoms with van der Waals surface area (Å²) in [6.45, 7) is 6.50. The summed E-state index contributed by atoms with van der Waals surface area (Å²) in [4.78, 5) is 0. The summed E-state index contributed by atoms with van der Waals surface area (Å²) in [5.74, 6) is 1.02. The minimum Gasteiger partial charge on any atom is -0.496 e. The molecule has 0 radical (unpaired) electrons. The topological polar surface area (TPSA) is 21.3 Å². The summed E-state index contributed by atoms with van der Waals surface area (Å²) in [5, 5.41) is 3.45. The van der Waals surface area contributed by atoms with Crippen LogP contribution in [-0.4, -0.2) is 14.2 Å². The Bertz CT molecular complexity index is 364. The normalized spacial score (nSPS) is 12.5. The van der Waals surface area contributed by atoms with Crippen LogP contribution in [0.1, 0.15) is 61.8 Å². The number of ether oxygens (including phenoxy) is 1. The van der Waals surface area contributed by atoms with Crippen LogP contribution in [0.15, 0.2) is 12.1 Å². The number of benzene rings is 1. The molecule has 0 aromatic heterocycles. The van der Waals surface area contributed by atoms with Crippen molar-refractivity contribution in [1.29, 1.82) is 0 Å². The molecule has 1 aromatic carbocycles. The van der Waals surface area contributed by atoms with Gasteiger partial charge >= 0.3 is 0 Å². The number of methoxy groups -OCH3 is 1. The summed E-state index contributed by atoms with van der Waals surface area (Å²) >= 11 is 0. The summed E-state index contributed by atoms with van der Waals surface area (Å²) in [7, 11) is 3.80. The molecule has 0 aliphatic rings. The fraction of sp³-hybridized carbons (Fsp3) is 0.647. The van der Waals surface area contributed by atoms with E-state index in [2.05, 4.69) is 45.3 Å². The molecule has 0 heterocycles. The Balaban J connectivity index is 2.75. The van der Waals surface area contributed by atoms with E-state index in [-0.39, 0.29) is 0 Å². The third-order valence-corrected chi connectivity index (χ3v) is 3.78. The van der Waals surface area contributed by atoms with Crippen LogP contribution in [-0.2, 0) is 0 Å². The smallest absolute Gasteiger partial charge is 0.124 e. The highest BCUT2D eigenvalue weighted by molar-refractivity contribution is 5.44. The molecule has 2 heteroatoms. The molecule has 19 heavy (non-hydrogen) atoms. The zero-order valence-electron chi connectivity index (χ0n) is 13.2. The van der Waals surface area contributed by atoms with Gasteiger partial charge in [-0.15, -0.1) is 0 Å². The second-order valence-electron chi connectivity index (χ2n) is 5.38. The number of hydrogen-bond donors (Lipinski definition) is 1. The fourth-order valence-electron chi connectivity index (χ4n) is 2.76. The predicted molar refractivity (Wildman–Crippen MR) is 83.0 cm³/mol. The zero-order valence-corrected chi connectivity index (χ0v) is 13.2. The Kier molecular flexibility index (Phi) is 6.93. The second kappa shape index (κ2) is 8.21. The summed E-state index contributed by atoms with van der Waals surface area (Å²) < 4.78 is 5.44. The van der Waals surface area contributed by atoms with Crippen molar-refractivity contribution in [3.63, 3.8) is 0 Å². The van der Waals surface area contributed by atoms with Gasteiger partial charge in [0.1, 0.15) is 5.75 Å². The Labute approximate surface area is 118 Å². The first-order chi connectivity index (χ1) is 9.13. The molecule has 1 aromatic rings. The van der Waals surface area contributed by atoms with E-state index >= 15 is 0 Å². The van der Waals surface area contributed by atoms with Gasteiger partial charge < -0.3 is 10.1 Å². The average Bonchev–Trinajstić information content (AvgIpc) is 2.38. The lowest BCUT2D eigenvalue weighted by molar-refractivity contribution is 0.407. The van der Waals surface area contributed by atoms with Crippen molar-refractivity contribution in [2.24, 2.45) is 0 Å². The molecule has 0 saturated heterocycles. The van der Waals surface area contributed by atoms with Crippen LogP contribution in [0, 0.1) is 13.8 Å². The van der Waals surface area contributed by atoms with Gasteiger partial charge in [0.2, 0.25) is 0 Å². The molecule has 2 nitrogen and oxygen atoms in total. The number of nitrogens with one attached hydrogen (secondary N) is 1. The minimum absolute atomic E-state index is 0.458. The van der Waals surface area contributed by atoms with Crippen LogP contribution >= 0.6 is 0 Å². The van der Waals surface area contributed by atoms with Gasteiger partial charge in [-0.2, -0.15) is 0 Å². The van der Waals surface area contributed by atoms with E-state index in [4.69, 9.17) is 4.74 Å². The fourth-order valence-corrected chi connectivity index (χ4v) is 2.76. The third-order valence-electron chi connectivity index (χ3n) is 3.78. The molecule has 0 saturated carbocycles. The van der Waals surface area contributed by atoms with Gasteiger partial charge in [-0.25, -0.2) is 0 Å². The van der Waals surface area contributed by atoms with E-state index in [9.17, 15) is 0 Å². The SMILES string of the molecule is CCCCCCC(NC)c1cc(C)c(OC)c(C)c1. The largest absolute Gasteiger partial charge is 0.496 e. The molecule has 1 N–H and O–H groups in total. The van der Waals surface area contributed by atoms with Gasteiger partial charge in [0.05, 0.1) is 7.11 Å². The number of unbranched alkanes of at least 4 members (excludes halogenated alkanes) is 3. The van der Waals surface area contributed by atoms with E-state index < -0.39 is 0 Å². The van der Waals surface area contributed by atoms with Crippen molar-refractivity contribution in [2.75, 3.05) is 14.2 Å². The van der Waals surface area contributed by atoms with Gasteiger partial charge in [0, 0.05) is 6.04 Å². The van der Waals surface area contributed by atoms with Crippen LogP contribution in [0.4, 0.5) is 0 Å². The number of aryl methyl sites for hydroxylation is 2. The Morgan fingerprint density at radius 2 is 1.74 bits per heavy atom. The van der Waals surface area contributed by atoms with Gasteiger partial charge in [-0.05, 0) is 44.0 Å². The first kappa shape index (κ1) is 16.0. The highest BCUT2D eigenvalue weighted by atomic mass is 16.5. The van der Waals surface area contributed by atoms with Crippen molar-refractivity contribution in [3.05, 3.63) is 28.8 Å². The molecule has 0 aliphatic heterocycles. The first-order valence-corrected chi connectivity index (χ1v) is 7.46. The van der Waals surface area contributed by atoms with Gasteiger partial charge in [-0.3, -0.25) is 0 Å². The molecular formula is C17H29NO. The van der Waals surface area contributed by atoms with Crippen LogP contribution in [0.3, 0.4) is 0 Å². The lowest BCUT2D eigenvalue weighted by Crippen LogP contribution is -2.16. The highest BCUT2D eigenvalue weighted by Crippen LogP contribution is 2.29. The maximum atomic E-state index is 5.44. The monoisotopic (exact) mass is 263 g/mol. The molecule has 1 rings (SSSR count).